The van der Waals surface area contributed by atoms with Crippen molar-refractivity contribution < 1.29 is 31.4 Å². The van der Waals surface area contributed by atoms with Crippen molar-refractivity contribution in [2.24, 2.45) is 0 Å². The fourth-order valence-electron chi connectivity index (χ4n) is 1.69. The van der Waals surface area contributed by atoms with Gasteiger partial charge in [0.2, 0.25) is 0 Å². The number of halogens is 5. The molecule has 20 heavy (non-hydrogen) atoms. The molecule has 0 saturated heterocycles. The SMILES string of the molecule is CCNC(c1ccc(OC)c(OC(F)F)c1)C(F)(F)F. The minimum absolute atomic E-state index is 0.0635. The van der Waals surface area contributed by atoms with E-state index in [9.17, 15) is 22.0 Å². The molecular formula is C12H14F5NO2. The molecule has 1 atom stereocenters. The van der Waals surface area contributed by atoms with Gasteiger partial charge in [0.25, 0.3) is 0 Å². The van der Waals surface area contributed by atoms with Crippen LogP contribution in [0.15, 0.2) is 18.2 Å². The van der Waals surface area contributed by atoms with E-state index in [0.29, 0.717) is 0 Å². The molecule has 0 radical (unpaired) electrons. The first kappa shape index (κ1) is 16.5. The summed E-state index contributed by atoms with van der Waals surface area (Å²) in [5, 5.41) is 2.25. The summed E-state index contributed by atoms with van der Waals surface area (Å²) >= 11 is 0. The van der Waals surface area contributed by atoms with E-state index in [-0.39, 0.29) is 17.9 Å². The lowest BCUT2D eigenvalue weighted by Gasteiger charge is -2.22. The number of nitrogens with one attached hydrogen (secondary N) is 1. The van der Waals surface area contributed by atoms with Gasteiger partial charge in [-0.3, -0.25) is 0 Å². The first-order chi connectivity index (χ1) is 9.29. The molecule has 114 valence electrons. The van der Waals surface area contributed by atoms with Crippen LogP contribution < -0.4 is 14.8 Å². The van der Waals surface area contributed by atoms with Crippen molar-refractivity contribution in [3.05, 3.63) is 23.8 Å². The van der Waals surface area contributed by atoms with Gasteiger partial charge in [-0.1, -0.05) is 13.0 Å². The first-order valence-corrected chi connectivity index (χ1v) is 5.72. The third-order valence-corrected chi connectivity index (χ3v) is 2.47. The normalized spacial score (nSPS) is 13.4. The molecule has 1 aromatic rings. The van der Waals surface area contributed by atoms with Gasteiger partial charge >= 0.3 is 12.8 Å². The van der Waals surface area contributed by atoms with Crippen LogP contribution in [-0.2, 0) is 0 Å². The summed E-state index contributed by atoms with van der Waals surface area (Å²) in [6, 6.07) is 1.24. The lowest BCUT2D eigenvalue weighted by atomic mass is 10.1. The van der Waals surface area contributed by atoms with Crippen molar-refractivity contribution in [3.8, 4) is 11.5 Å². The van der Waals surface area contributed by atoms with Crippen molar-refractivity contribution >= 4 is 0 Å². The fourth-order valence-corrected chi connectivity index (χ4v) is 1.69. The number of rotatable bonds is 6. The van der Waals surface area contributed by atoms with Crippen molar-refractivity contribution in [1.82, 2.24) is 5.32 Å². The van der Waals surface area contributed by atoms with E-state index in [4.69, 9.17) is 4.74 Å². The highest BCUT2D eigenvalue weighted by molar-refractivity contribution is 5.44. The van der Waals surface area contributed by atoms with Gasteiger partial charge in [-0.2, -0.15) is 22.0 Å². The highest BCUT2D eigenvalue weighted by atomic mass is 19.4. The van der Waals surface area contributed by atoms with E-state index in [0.717, 1.165) is 18.2 Å². The molecule has 8 heteroatoms. The Bertz CT molecular complexity index is 436. The van der Waals surface area contributed by atoms with Crippen LogP contribution in [0.3, 0.4) is 0 Å². The maximum atomic E-state index is 12.9. The quantitative estimate of drug-likeness (QED) is 0.815. The van der Waals surface area contributed by atoms with Crippen LogP contribution in [0.4, 0.5) is 22.0 Å². The number of ether oxygens (including phenoxy) is 2. The molecule has 0 heterocycles. The third-order valence-electron chi connectivity index (χ3n) is 2.47. The van der Waals surface area contributed by atoms with Gasteiger partial charge in [0, 0.05) is 0 Å². The standard InChI is InChI=1S/C12H14F5NO2/c1-3-18-10(12(15,16)17)7-4-5-8(19-2)9(6-7)20-11(13)14/h4-6,10-11,18H,3H2,1-2H3. The van der Waals surface area contributed by atoms with Gasteiger partial charge in [-0.05, 0) is 24.2 Å². The smallest absolute Gasteiger partial charge is 0.407 e. The van der Waals surface area contributed by atoms with E-state index in [1.165, 1.54) is 14.0 Å². The van der Waals surface area contributed by atoms with E-state index in [1.807, 2.05) is 0 Å². The predicted octanol–water partition coefficient (Wildman–Crippen LogP) is 3.51. The summed E-state index contributed by atoms with van der Waals surface area (Å²) in [6.07, 6.45) is -4.55. The topological polar surface area (TPSA) is 30.5 Å². The second kappa shape index (κ2) is 6.74. The first-order valence-electron chi connectivity index (χ1n) is 5.72. The summed E-state index contributed by atoms with van der Waals surface area (Å²) in [6.45, 7) is -1.57. The lowest BCUT2D eigenvalue weighted by molar-refractivity contribution is -0.157. The number of methoxy groups -OCH3 is 1. The maximum Gasteiger partial charge on any atom is 0.407 e. The molecule has 1 aromatic carbocycles. The van der Waals surface area contributed by atoms with Crippen molar-refractivity contribution in [2.45, 2.75) is 25.8 Å². The Morgan fingerprint density at radius 1 is 1.20 bits per heavy atom. The molecule has 0 aliphatic rings. The predicted molar refractivity (Wildman–Crippen MR) is 62.1 cm³/mol. The molecule has 0 bridgehead atoms. The van der Waals surface area contributed by atoms with Crippen molar-refractivity contribution in [1.29, 1.82) is 0 Å². The van der Waals surface area contributed by atoms with Crippen LogP contribution in [0.5, 0.6) is 11.5 Å². The Kier molecular flexibility index (Phi) is 5.55. The molecule has 0 aliphatic carbocycles. The fraction of sp³-hybridized carbons (Fsp3) is 0.500. The van der Waals surface area contributed by atoms with Crippen LogP contribution in [0.1, 0.15) is 18.5 Å². The summed E-state index contributed by atoms with van der Waals surface area (Å²) in [7, 11) is 1.21. The summed E-state index contributed by atoms with van der Waals surface area (Å²) < 4.78 is 72.1. The molecule has 0 spiro atoms. The van der Waals surface area contributed by atoms with Gasteiger partial charge in [-0.15, -0.1) is 0 Å². The van der Waals surface area contributed by atoms with E-state index < -0.39 is 24.6 Å². The Balaban J connectivity index is 3.16. The maximum absolute atomic E-state index is 12.9. The van der Waals surface area contributed by atoms with Crippen molar-refractivity contribution in [2.75, 3.05) is 13.7 Å². The molecule has 0 aliphatic heterocycles. The molecule has 3 nitrogen and oxygen atoms in total. The second-order valence-electron chi connectivity index (χ2n) is 3.82. The Morgan fingerprint density at radius 3 is 2.30 bits per heavy atom. The molecule has 0 amide bonds. The highest BCUT2D eigenvalue weighted by Crippen LogP contribution is 2.37. The van der Waals surface area contributed by atoms with Crippen molar-refractivity contribution in [3.63, 3.8) is 0 Å². The summed E-state index contributed by atoms with van der Waals surface area (Å²) in [5.41, 5.74) is -0.226. The average molecular weight is 299 g/mol. The van der Waals surface area contributed by atoms with E-state index >= 15 is 0 Å². The molecule has 1 unspecified atom stereocenters. The number of hydrogen-bond acceptors (Lipinski definition) is 3. The zero-order valence-electron chi connectivity index (χ0n) is 10.8. The lowest BCUT2D eigenvalue weighted by Crippen LogP contribution is -2.34. The van der Waals surface area contributed by atoms with Gasteiger partial charge < -0.3 is 14.8 Å². The van der Waals surface area contributed by atoms with Crippen LogP contribution in [0.25, 0.3) is 0 Å². The molecule has 0 fully saturated rings. The van der Waals surface area contributed by atoms with E-state index in [1.54, 1.807) is 0 Å². The minimum atomic E-state index is -4.55. The molecule has 1 N–H and O–H groups in total. The highest BCUT2D eigenvalue weighted by Gasteiger charge is 2.40. The molecule has 0 saturated carbocycles. The minimum Gasteiger partial charge on any atom is -0.493 e. The van der Waals surface area contributed by atoms with Gasteiger partial charge in [0.1, 0.15) is 6.04 Å². The molecule has 0 aromatic heterocycles. The molecular weight excluding hydrogens is 285 g/mol. The monoisotopic (exact) mass is 299 g/mol. The third kappa shape index (κ3) is 4.22. The van der Waals surface area contributed by atoms with Gasteiger partial charge in [0.05, 0.1) is 7.11 Å². The zero-order valence-corrected chi connectivity index (χ0v) is 10.8. The summed E-state index contributed by atoms with van der Waals surface area (Å²) in [5.74, 6) is -0.501. The van der Waals surface area contributed by atoms with E-state index in [2.05, 4.69) is 10.1 Å². The Labute approximate surface area is 112 Å². The Hall–Kier alpha value is -1.57. The van der Waals surface area contributed by atoms with Gasteiger partial charge in [0.15, 0.2) is 11.5 Å². The zero-order chi connectivity index (χ0) is 15.3. The number of hydrogen-bond donors (Lipinski definition) is 1. The van der Waals surface area contributed by atoms with Gasteiger partial charge in [-0.25, -0.2) is 0 Å². The van der Waals surface area contributed by atoms with Crippen LogP contribution in [0, 0.1) is 0 Å². The Morgan fingerprint density at radius 2 is 1.85 bits per heavy atom. The van der Waals surface area contributed by atoms with Crippen LogP contribution >= 0.6 is 0 Å². The largest absolute Gasteiger partial charge is 0.493 e. The van der Waals surface area contributed by atoms with Crippen LogP contribution in [-0.4, -0.2) is 26.4 Å². The van der Waals surface area contributed by atoms with Crippen LogP contribution in [0.2, 0.25) is 0 Å². The molecule has 1 rings (SSSR count). The number of alkyl halides is 5. The second-order valence-corrected chi connectivity index (χ2v) is 3.82. The number of benzene rings is 1. The average Bonchev–Trinajstić information content (AvgIpc) is 2.33. The summed E-state index contributed by atoms with van der Waals surface area (Å²) in [4.78, 5) is 0.